The van der Waals surface area contributed by atoms with Crippen molar-refractivity contribution in [1.82, 2.24) is 0 Å². The van der Waals surface area contributed by atoms with Gasteiger partial charge in [0, 0.05) is 10.2 Å². The van der Waals surface area contributed by atoms with E-state index in [1.54, 1.807) is 6.07 Å². The van der Waals surface area contributed by atoms with E-state index in [2.05, 4.69) is 15.9 Å². The van der Waals surface area contributed by atoms with Crippen molar-refractivity contribution in [2.45, 2.75) is 6.92 Å². The maximum atomic E-state index is 8.67. The van der Waals surface area contributed by atoms with Gasteiger partial charge in [0.25, 0.3) is 0 Å². The van der Waals surface area contributed by atoms with Crippen LogP contribution in [0.3, 0.4) is 0 Å². The van der Waals surface area contributed by atoms with Gasteiger partial charge in [0.2, 0.25) is 0 Å². The Morgan fingerprint density at radius 2 is 2.18 bits per heavy atom. The summed E-state index contributed by atoms with van der Waals surface area (Å²) in [6, 6.07) is 5.61. The molecule has 0 radical (unpaired) electrons. The number of nitrogens with zero attached hydrogens (tertiary/aromatic N) is 1. The molecule has 0 aliphatic rings. The Labute approximate surface area is 73.8 Å². The minimum absolute atomic E-state index is 0.535. The van der Waals surface area contributed by atoms with Crippen molar-refractivity contribution in [2.24, 2.45) is 0 Å². The molecule has 56 valence electrons. The Balaban J connectivity index is 3.44. The highest BCUT2D eigenvalue weighted by Crippen LogP contribution is 2.23. The van der Waals surface area contributed by atoms with E-state index in [1.165, 1.54) is 0 Å². The van der Waals surface area contributed by atoms with Crippen molar-refractivity contribution in [2.75, 3.05) is 5.73 Å². The molecule has 0 bridgehead atoms. The molecule has 0 unspecified atom stereocenters. The summed E-state index contributed by atoms with van der Waals surface area (Å²) in [5.41, 5.74) is 7.54. The number of halogens is 1. The van der Waals surface area contributed by atoms with E-state index in [1.807, 2.05) is 19.1 Å². The van der Waals surface area contributed by atoms with Crippen LogP contribution in [-0.2, 0) is 0 Å². The van der Waals surface area contributed by atoms with Gasteiger partial charge in [-0.1, -0.05) is 15.9 Å². The molecular formula is C8H7BrN2. The third-order valence-electron chi connectivity index (χ3n) is 1.54. The highest BCUT2D eigenvalue weighted by atomic mass is 79.9. The topological polar surface area (TPSA) is 49.8 Å². The molecule has 0 spiro atoms. The number of nitrogens with two attached hydrogens (primary N) is 1. The molecule has 0 aliphatic heterocycles. The lowest BCUT2D eigenvalue weighted by Crippen LogP contribution is -1.93. The van der Waals surface area contributed by atoms with Gasteiger partial charge in [0.15, 0.2) is 0 Å². The van der Waals surface area contributed by atoms with Crippen molar-refractivity contribution >= 4 is 21.6 Å². The van der Waals surface area contributed by atoms with E-state index in [0.717, 1.165) is 10.0 Å². The second kappa shape index (κ2) is 2.93. The molecule has 0 saturated carbocycles. The fraction of sp³-hybridized carbons (Fsp3) is 0.125. The Hall–Kier alpha value is -1.01. The molecular weight excluding hydrogens is 204 g/mol. The quantitative estimate of drug-likeness (QED) is 0.668. The second-order valence-electron chi connectivity index (χ2n) is 2.25. The SMILES string of the molecule is Cc1c(Br)ccc(N)c1C#N. The van der Waals surface area contributed by atoms with Crippen LogP contribution in [0.2, 0.25) is 0 Å². The first-order valence-electron chi connectivity index (χ1n) is 3.11. The average molecular weight is 211 g/mol. The molecule has 1 aromatic rings. The summed E-state index contributed by atoms with van der Waals surface area (Å²) in [5.74, 6) is 0. The van der Waals surface area contributed by atoms with E-state index in [4.69, 9.17) is 11.0 Å². The number of hydrogen-bond acceptors (Lipinski definition) is 2. The monoisotopic (exact) mass is 210 g/mol. The number of hydrogen-bond donors (Lipinski definition) is 1. The molecule has 0 aliphatic carbocycles. The van der Waals surface area contributed by atoms with Gasteiger partial charge in [-0.25, -0.2) is 0 Å². The van der Waals surface area contributed by atoms with E-state index in [0.29, 0.717) is 11.3 Å². The summed E-state index contributed by atoms with van der Waals surface area (Å²) in [4.78, 5) is 0. The minimum Gasteiger partial charge on any atom is -0.398 e. The van der Waals surface area contributed by atoms with E-state index in [9.17, 15) is 0 Å². The van der Waals surface area contributed by atoms with Crippen LogP contribution in [0.1, 0.15) is 11.1 Å². The van der Waals surface area contributed by atoms with Crippen LogP contribution in [0, 0.1) is 18.3 Å². The van der Waals surface area contributed by atoms with Crippen LogP contribution in [0.15, 0.2) is 16.6 Å². The Bertz CT molecular complexity index is 326. The Kier molecular flexibility index (Phi) is 2.16. The molecule has 0 heterocycles. The molecule has 0 amide bonds. The molecule has 1 aromatic carbocycles. The number of benzene rings is 1. The summed E-state index contributed by atoms with van der Waals surface area (Å²) < 4.78 is 0.920. The predicted molar refractivity (Wildman–Crippen MR) is 48.0 cm³/mol. The van der Waals surface area contributed by atoms with Crippen molar-refractivity contribution in [1.29, 1.82) is 5.26 Å². The van der Waals surface area contributed by atoms with Crippen molar-refractivity contribution in [3.8, 4) is 6.07 Å². The van der Waals surface area contributed by atoms with Gasteiger partial charge in [0.05, 0.1) is 5.56 Å². The first-order valence-corrected chi connectivity index (χ1v) is 3.90. The van der Waals surface area contributed by atoms with Crippen LogP contribution in [0.4, 0.5) is 5.69 Å². The molecule has 3 heteroatoms. The van der Waals surface area contributed by atoms with Crippen LogP contribution in [-0.4, -0.2) is 0 Å². The van der Waals surface area contributed by atoms with Gasteiger partial charge in [0.1, 0.15) is 6.07 Å². The smallest absolute Gasteiger partial charge is 0.102 e. The fourth-order valence-corrected chi connectivity index (χ4v) is 1.19. The Morgan fingerprint density at radius 3 is 2.64 bits per heavy atom. The maximum absolute atomic E-state index is 8.67. The predicted octanol–water partition coefficient (Wildman–Crippen LogP) is 2.21. The van der Waals surface area contributed by atoms with Gasteiger partial charge in [-0.2, -0.15) is 5.26 Å². The van der Waals surface area contributed by atoms with E-state index < -0.39 is 0 Å². The summed E-state index contributed by atoms with van der Waals surface area (Å²) in [6.07, 6.45) is 0. The van der Waals surface area contributed by atoms with E-state index >= 15 is 0 Å². The van der Waals surface area contributed by atoms with Crippen molar-refractivity contribution < 1.29 is 0 Å². The highest BCUT2D eigenvalue weighted by Gasteiger charge is 2.04. The largest absolute Gasteiger partial charge is 0.398 e. The zero-order valence-corrected chi connectivity index (χ0v) is 7.64. The molecule has 1 rings (SSSR count). The molecule has 0 atom stereocenters. The van der Waals surface area contributed by atoms with Gasteiger partial charge < -0.3 is 5.73 Å². The van der Waals surface area contributed by atoms with Crippen molar-refractivity contribution in [3.63, 3.8) is 0 Å². The lowest BCUT2D eigenvalue weighted by Gasteiger charge is -2.02. The molecule has 0 saturated heterocycles. The first kappa shape index (κ1) is 8.09. The lowest BCUT2D eigenvalue weighted by molar-refractivity contribution is 1.37. The van der Waals surface area contributed by atoms with Crippen LogP contribution in [0.5, 0.6) is 0 Å². The van der Waals surface area contributed by atoms with Crippen molar-refractivity contribution in [3.05, 3.63) is 27.7 Å². The number of rotatable bonds is 0. The summed E-state index contributed by atoms with van der Waals surface area (Å²) in [7, 11) is 0. The third-order valence-corrected chi connectivity index (χ3v) is 2.40. The lowest BCUT2D eigenvalue weighted by atomic mass is 10.1. The zero-order chi connectivity index (χ0) is 8.43. The standard InChI is InChI=1S/C8H7BrN2/c1-5-6(4-10)8(11)3-2-7(5)9/h2-3H,11H2,1H3. The van der Waals surface area contributed by atoms with Crippen LogP contribution in [0.25, 0.3) is 0 Å². The van der Waals surface area contributed by atoms with Gasteiger partial charge >= 0.3 is 0 Å². The van der Waals surface area contributed by atoms with E-state index in [-0.39, 0.29) is 0 Å². The van der Waals surface area contributed by atoms with Gasteiger partial charge in [-0.05, 0) is 24.6 Å². The maximum Gasteiger partial charge on any atom is 0.102 e. The molecule has 0 fully saturated rings. The second-order valence-corrected chi connectivity index (χ2v) is 3.10. The first-order chi connectivity index (χ1) is 5.16. The van der Waals surface area contributed by atoms with Gasteiger partial charge in [-0.15, -0.1) is 0 Å². The van der Waals surface area contributed by atoms with Crippen LogP contribution < -0.4 is 5.73 Å². The van der Waals surface area contributed by atoms with Gasteiger partial charge in [-0.3, -0.25) is 0 Å². The zero-order valence-electron chi connectivity index (χ0n) is 6.06. The summed E-state index contributed by atoms with van der Waals surface area (Å²) in [6.45, 7) is 1.86. The summed E-state index contributed by atoms with van der Waals surface area (Å²) in [5, 5.41) is 8.67. The highest BCUT2D eigenvalue weighted by molar-refractivity contribution is 9.10. The number of anilines is 1. The number of nitriles is 1. The number of nitrogen functional groups attached to an aromatic ring is 1. The average Bonchev–Trinajstić information content (AvgIpc) is 1.99. The fourth-order valence-electron chi connectivity index (χ4n) is 0.856. The molecule has 2 nitrogen and oxygen atoms in total. The minimum atomic E-state index is 0.535. The molecule has 0 aromatic heterocycles. The third kappa shape index (κ3) is 1.36. The van der Waals surface area contributed by atoms with Crippen LogP contribution >= 0.6 is 15.9 Å². The molecule has 11 heavy (non-hydrogen) atoms. The molecule has 2 N–H and O–H groups in total. The summed E-state index contributed by atoms with van der Waals surface area (Å²) >= 11 is 3.31. The normalized spacial score (nSPS) is 9.18. The Morgan fingerprint density at radius 1 is 1.55 bits per heavy atom.